The van der Waals surface area contributed by atoms with E-state index in [1.54, 1.807) is 0 Å². The van der Waals surface area contributed by atoms with Gasteiger partial charge in [0.05, 0.1) is 11.8 Å². The van der Waals surface area contributed by atoms with Crippen LogP contribution in [0.15, 0.2) is 66.8 Å². The van der Waals surface area contributed by atoms with Gasteiger partial charge in [-0.25, -0.2) is 0 Å². The first-order chi connectivity index (χ1) is 21.7. The minimum absolute atomic E-state index is 0.0785. The molecule has 0 N–H and O–H groups in total. The molecular weight excluding hydrogens is 556 g/mol. The molecule has 44 heavy (non-hydrogen) atoms. The highest BCUT2D eigenvalue weighted by atomic mass is 16.7. The lowest BCUT2D eigenvalue weighted by molar-refractivity contribution is -0.147. The fourth-order valence-electron chi connectivity index (χ4n) is 7.22. The number of fused-ring (bicyclic) bond motifs is 2. The molecule has 0 saturated carbocycles. The van der Waals surface area contributed by atoms with Gasteiger partial charge in [-0.05, 0) is 73.9 Å². The highest BCUT2D eigenvalue weighted by Gasteiger charge is 2.46. The van der Waals surface area contributed by atoms with E-state index >= 15 is 0 Å². The van der Waals surface area contributed by atoms with Crippen molar-refractivity contribution in [3.8, 4) is 23.0 Å². The van der Waals surface area contributed by atoms with Gasteiger partial charge in [0.15, 0.2) is 23.0 Å². The first kappa shape index (κ1) is 28.6. The molecule has 0 spiro atoms. The van der Waals surface area contributed by atoms with Crippen LogP contribution in [-0.4, -0.2) is 61.4 Å². The first-order valence-corrected chi connectivity index (χ1v) is 16.1. The van der Waals surface area contributed by atoms with Gasteiger partial charge < -0.3 is 28.7 Å². The van der Waals surface area contributed by atoms with Gasteiger partial charge in [-0.1, -0.05) is 48.6 Å². The van der Waals surface area contributed by atoms with Gasteiger partial charge in [-0.3, -0.25) is 9.59 Å². The van der Waals surface area contributed by atoms with Crippen LogP contribution < -0.4 is 18.9 Å². The number of amides is 2. The molecule has 4 aliphatic heterocycles. The van der Waals surface area contributed by atoms with Crippen molar-refractivity contribution in [2.45, 2.75) is 44.4 Å². The van der Waals surface area contributed by atoms with Crippen molar-refractivity contribution in [3.05, 3.63) is 77.9 Å². The molecule has 8 nitrogen and oxygen atoms in total. The molecule has 7 rings (SSSR count). The van der Waals surface area contributed by atoms with E-state index < -0.39 is 11.8 Å². The molecular formula is C36H40N2O6. The SMILES string of the molecule is O=C([C@H]1[C@H](/C=C/C=C/c2ccc3c(c2)OCO3)[C@H](c2ccc3c(c2)OCO3)C=C[C@@H]1C(=O)N1CCCCC1)N1CCCCC1. The van der Waals surface area contributed by atoms with Gasteiger partial charge in [0, 0.05) is 38.0 Å². The summed E-state index contributed by atoms with van der Waals surface area (Å²) in [6.45, 7) is 3.46. The molecule has 5 aliphatic rings. The van der Waals surface area contributed by atoms with Gasteiger partial charge in [0.25, 0.3) is 0 Å². The number of likely N-dealkylation sites (tertiary alicyclic amines) is 2. The van der Waals surface area contributed by atoms with Gasteiger partial charge >= 0.3 is 0 Å². The fraction of sp³-hybridized carbons (Fsp3) is 0.444. The molecule has 2 fully saturated rings. The maximum atomic E-state index is 14.5. The van der Waals surface area contributed by atoms with Crippen LogP contribution in [0.1, 0.15) is 55.6 Å². The summed E-state index contributed by atoms with van der Waals surface area (Å²) in [5.41, 5.74) is 2.04. The van der Waals surface area contributed by atoms with Crippen LogP contribution >= 0.6 is 0 Å². The van der Waals surface area contributed by atoms with E-state index in [4.69, 9.17) is 18.9 Å². The highest BCUT2D eigenvalue weighted by Crippen LogP contribution is 2.45. The number of allylic oxidation sites excluding steroid dienone is 4. The second-order valence-corrected chi connectivity index (χ2v) is 12.3. The third-order valence-corrected chi connectivity index (χ3v) is 9.56. The van der Waals surface area contributed by atoms with Crippen molar-refractivity contribution < 1.29 is 28.5 Å². The maximum absolute atomic E-state index is 14.5. The number of benzene rings is 2. The predicted molar refractivity (Wildman–Crippen MR) is 167 cm³/mol. The van der Waals surface area contributed by atoms with E-state index in [1.807, 2.05) is 64.4 Å². The minimum atomic E-state index is -0.502. The van der Waals surface area contributed by atoms with Crippen molar-refractivity contribution in [2.24, 2.45) is 17.8 Å². The molecule has 2 aromatic carbocycles. The average Bonchev–Trinajstić information content (AvgIpc) is 3.75. The van der Waals surface area contributed by atoms with Crippen LogP contribution in [0.5, 0.6) is 23.0 Å². The van der Waals surface area contributed by atoms with E-state index in [2.05, 4.69) is 18.2 Å². The fourth-order valence-corrected chi connectivity index (χ4v) is 7.22. The Bertz CT molecular complexity index is 1470. The van der Waals surface area contributed by atoms with Crippen LogP contribution in [0.4, 0.5) is 0 Å². The molecule has 230 valence electrons. The van der Waals surface area contributed by atoms with Gasteiger partial charge in [0.2, 0.25) is 25.4 Å². The third kappa shape index (κ3) is 5.82. The third-order valence-electron chi connectivity index (χ3n) is 9.56. The summed E-state index contributed by atoms with van der Waals surface area (Å²) < 4.78 is 22.3. The van der Waals surface area contributed by atoms with E-state index in [0.29, 0.717) is 5.75 Å². The van der Waals surface area contributed by atoms with Crippen LogP contribution in [0, 0.1) is 17.8 Å². The first-order valence-electron chi connectivity index (χ1n) is 16.1. The lowest BCUT2D eigenvalue weighted by Crippen LogP contribution is -2.51. The van der Waals surface area contributed by atoms with Crippen molar-refractivity contribution in [1.82, 2.24) is 9.80 Å². The van der Waals surface area contributed by atoms with E-state index in [9.17, 15) is 9.59 Å². The Morgan fingerprint density at radius 3 is 1.98 bits per heavy atom. The van der Waals surface area contributed by atoms with Crippen molar-refractivity contribution >= 4 is 17.9 Å². The molecule has 4 heterocycles. The summed E-state index contributed by atoms with van der Waals surface area (Å²) in [4.78, 5) is 32.6. The zero-order valence-corrected chi connectivity index (χ0v) is 25.1. The van der Waals surface area contributed by atoms with E-state index in [-0.39, 0.29) is 37.2 Å². The summed E-state index contributed by atoms with van der Waals surface area (Å²) in [5.74, 6) is 1.76. The number of hydrogen-bond donors (Lipinski definition) is 0. The molecule has 0 radical (unpaired) electrons. The minimum Gasteiger partial charge on any atom is -0.454 e. The molecule has 0 bridgehead atoms. The Balaban J connectivity index is 1.24. The zero-order chi connectivity index (χ0) is 29.9. The summed E-state index contributed by atoms with van der Waals surface area (Å²) in [6, 6.07) is 11.9. The van der Waals surface area contributed by atoms with Gasteiger partial charge in [-0.2, -0.15) is 0 Å². The van der Waals surface area contributed by atoms with E-state index in [1.165, 1.54) is 0 Å². The number of nitrogens with zero attached hydrogens (tertiary/aromatic N) is 2. The number of piperidine rings is 2. The summed E-state index contributed by atoms with van der Waals surface area (Å²) >= 11 is 0. The standard InChI is InChI=1S/C36H40N2O6/c39-35(37-17-5-1-6-18-37)29-14-13-27(26-12-16-31-33(22-26)44-24-42-31)28(34(29)36(40)38-19-7-2-8-20-38)10-4-3-9-25-11-15-30-32(21-25)43-23-41-30/h3-4,9-16,21-22,27-29,34H,1-2,5-8,17-20,23-24H2/b9-3+,10-4+/t27-,28+,29-,34-/m0/s1. The second kappa shape index (κ2) is 12.8. The average molecular weight is 597 g/mol. The van der Waals surface area contributed by atoms with Crippen LogP contribution in [0.2, 0.25) is 0 Å². The van der Waals surface area contributed by atoms with Crippen molar-refractivity contribution in [2.75, 3.05) is 39.8 Å². The highest BCUT2D eigenvalue weighted by molar-refractivity contribution is 5.90. The summed E-state index contributed by atoms with van der Waals surface area (Å²) in [7, 11) is 0. The number of carbonyl (C=O) groups is 2. The Hall–Kier alpha value is -4.20. The lowest BCUT2D eigenvalue weighted by atomic mass is 9.67. The smallest absolute Gasteiger partial charge is 0.231 e. The lowest BCUT2D eigenvalue weighted by Gasteiger charge is -2.42. The molecule has 1 aliphatic carbocycles. The topological polar surface area (TPSA) is 77.5 Å². The van der Waals surface area contributed by atoms with Crippen LogP contribution in [-0.2, 0) is 9.59 Å². The van der Waals surface area contributed by atoms with Crippen LogP contribution in [0.3, 0.4) is 0 Å². The summed E-state index contributed by atoms with van der Waals surface area (Å²) in [6.07, 6.45) is 18.6. The maximum Gasteiger partial charge on any atom is 0.231 e. The molecule has 4 atom stereocenters. The molecule has 2 saturated heterocycles. The zero-order valence-electron chi connectivity index (χ0n) is 25.1. The number of rotatable bonds is 6. The van der Waals surface area contributed by atoms with Gasteiger partial charge in [-0.15, -0.1) is 0 Å². The largest absolute Gasteiger partial charge is 0.454 e. The molecule has 0 unspecified atom stereocenters. The molecule has 2 aromatic rings. The Morgan fingerprint density at radius 1 is 0.659 bits per heavy atom. The van der Waals surface area contributed by atoms with Gasteiger partial charge in [0.1, 0.15) is 0 Å². The van der Waals surface area contributed by atoms with Crippen molar-refractivity contribution in [1.29, 1.82) is 0 Å². The molecule has 0 aromatic heterocycles. The number of ether oxygens (including phenoxy) is 4. The second-order valence-electron chi connectivity index (χ2n) is 12.3. The quantitative estimate of drug-likeness (QED) is 0.304. The Kier molecular flexibility index (Phi) is 8.31. The van der Waals surface area contributed by atoms with Crippen LogP contribution in [0.25, 0.3) is 6.08 Å². The Morgan fingerprint density at radius 2 is 1.27 bits per heavy atom. The molecule has 8 heteroatoms. The van der Waals surface area contributed by atoms with Crippen molar-refractivity contribution in [3.63, 3.8) is 0 Å². The normalized spacial score (nSPS) is 26.1. The predicted octanol–water partition coefficient (Wildman–Crippen LogP) is 5.94. The molecule has 2 amide bonds. The Labute approximate surface area is 258 Å². The number of hydrogen-bond acceptors (Lipinski definition) is 6. The summed E-state index contributed by atoms with van der Waals surface area (Å²) in [5, 5.41) is 0. The van der Waals surface area contributed by atoms with E-state index in [0.717, 1.165) is 93.1 Å². The number of carbonyl (C=O) groups excluding carboxylic acids is 2. The monoisotopic (exact) mass is 596 g/mol.